The Morgan fingerprint density at radius 3 is 2.75 bits per heavy atom. The molecule has 0 radical (unpaired) electrons. The van der Waals surface area contributed by atoms with Crippen molar-refractivity contribution in [1.29, 1.82) is 0 Å². The average molecular weight is 226 g/mol. The Labute approximate surface area is 93.4 Å². The van der Waals surface area contributed by atoms with Gasteiger partial charge in [-0.05, 0) is 12.8 Å². The number of hydrogen-bond donors (Lipinski definition) is 0. The topological polar surface area (TPSA) is 61.8 Å². The third-order valence-electron chi connectivity index (χ3n) is 3.16. The summed E-state index contributed by atoms with van der Waals surface area (Å²) in [6.07, 6.45) is 1.39. The molecule has 1 aliphatic carbocycles. The summed E-state index contributed by atoms with van der Waals surface area (Å²) in [5, 5.41) is 0. The van der Waals surface area contributed by atoms with Gasteiger partial charge in [0.25, 0.3) is 0 Å². The largest absolute Gasteiger partial charge is 0.469 e. The summed E-state index contributed by atoms with van der Waals surface area (Å²) < 4.78 is 15.8. The molecule has 5 heteroatoms. The second-order valence-electron chi connectivity index (χ2n) is 3.99. The molecule has 2 aliphatic rings. The van der Waals surface area contributed by atoms with Crippen LogP contribution in [-0.2, 0) is 23.8 Å². The Balaban J connectivity index is 2.24. The van der Waals surface area contributed by atoms with Gasteiger partial charge in [-0.15, -0.1) is 0 Å². The molecule has 0 bridgehead atoms. The third-order valence-corrected chi connectivity index (χ3v) is 3.16. The van der Waals surface area contributed by atoms with Crippen molar-refractivity contribution < 1.29 is 23.8 Å². The van der Waals surface area contributed by atoms with E-state index in [1.807, 2.05) is 5.94 Å². The summed E-state index contributed by atoms with van der Waals surface area (Å²) >= 11 is 0. The van der Waals surface area contributed by atoms with Crippen molar-refractivity contribution in [1.82, 2.24) is 0 Å². The monoisotopic (exact) mass is 226 g/mol. The molecule has 1 atom stereocenters. The molecule has 2 fully saturated rings. The normalized spacial score (nSPS) is 27.8. The van der Waals surface area contributed by atoms with Crippen LogP contribution >= 0.6 is 0 Å². The van der Waals surface area contributed by atoms with Crippen LogP contribution in [0.1, 0.15) is 19.3 Å². The maximum atomic E-state index is 11.7. The summed E-state index contributed by atoms with van der Waals surface area (Å²) in [6, 6.07) is 0. The van der Waals surface area contributed by atoms with E-state index in [0.717, 1.165) is 0 Å². The Morgan fingerprint density at radius 1 is 1.50 bits per heavy atom. The van der Waals surface area contributed by atoms with E-state index >= 15 is 0 Å². The fraction of sp³-hybridized carbons (Fsp3) is 0.727. The van der Waals surface area contributed by atoms with Gasteiger partial charge in [-0.1, -0.05) is 0 Å². The number of ether oxygens (including phenoxy) is 3. The molecule has 0 aromatic carbocycles. The number of carbonyl (C=O) groups excluding carboxylic acids is 2. The molecular formula is C11H14O5. The number of esters is 1. The lowest BCUT2D eigenvalue weighted by Crippen LogP contribution is -2.46. The maximum Gasteiger partial charge on any atom is 0.314 e. The second-order valence-corrected chi connectivity index (χ2v) is 3.99. The summed E-state index contributed by atoms with van der Waals surface area (Å²) in [5.41, 5.74) is 0.597. The highest BCUT2D eigenvalue weighted by Crippen LogP contribution is 2.42. The molecule has 16 heavy (non-hydrogen) atoms. The van der Waals surface area contributed by atoms with Crippen LogP contribution in [0.15, 0.2) is 5.57 Å². The first-order valence-corrected chi connectivity index (χ1v) is 5.30. The van der Waals surface area contributed by atoms with E-state index in [0.29, 0.717) is 38.0 Å². The van der Waals surface area contributed by atoms with E-state index in [9.17, 15) is 9.59 Å². The molecule has 88 valence electrons. The van der Waals surface area contributed by atoms with Gasteiger partial charge in [0.15, 0.2) is 5.79 Å². The lowest BCUT2D eigenvalue weighted by molar-refractivity contribution is -0.216. The molecule has 1 heterocycles. The van der Waals surface area contributed by atoms with E-state index in [-0.39, 0.29) is 0 Å². The van der Waals surface area contributed by atoms with E-state index in [2.05, 4.69) is 0 Å². The minimum atomic E-state index is -0.882. The summed E-state index contributed by atoms with van der Waals surface area (Å²) in [4.78, 5) is 22.3. The highest BCUT2D eigenvalue weighted by molar-refractivity contribution is 5.75. The number of allylic oxidation sites excluding steroid dienone is 1. The highest BCUT2D eigenvalue weighted by Gasteiger charge is 2.51. The zero-order valence-electron chi connectivity index (χ0n) is 9.15. The first-order valence-electron chi connectivity index (χ1n) is 5.30. The average Bonchev–Trinajstić information content (AvgIpc) is 2.78. The van der Waals surface area contributed by atoms with Gasteiger partial charge in [0, 0.05) is 12.0 Å². The fourth-order valence-electron chi connectivity index (χ4n) is 2.32. The van der Waals surface area contributed by atoms with Gasteiger partial charge in [0.1, 0.15) is 11.9 Å². The van der Waals surface area contributed by atoms with Crippen LogP contribution in [0, 0.1) is 5.92 Å². The molecular weight excluding hydrogens is 212 g/mol. The highest BCUT2D eigenvalue weighted by atomic mass is 16.7. The molecule has 1 unspecified atom stereocenters. The summed E-state index contributed by atoms with van der Waals surface area (Å²) in [5.74, 6) is 0.0406. The molecule has 1 saturated heterocycles. The molecule has 0 amide bonds. The van der Waals surface area contributed by atoms with Gasteiger partial charge in [-0.3, -0.25) is 4.79 Å². The Morgan fingerprint density at radius 2 is 2.19 bits per heavy atom. The zero-order valence-corrected chi connectivity index (χ0v) is 9.15. The predicted octanol–water partition coefficient (Wildman–Crippen LogP) is 0.461. The molecule has 1 saturated carbocycles. The van der Waals surface area contributed by atoms with Crippen LogP contribution in [0.4, 0.5) is 0 Å². The van der Waals surface area contributed by atoms with Gasteiger partial charge in [0.2, 0.25) is 0 Å². The van der Waals surface area contributed by atoms with Crippen molar-refractivity contribution in [3.63, 3.8) is 0 Å². The summed E-state index contributed by atoms with van der Waals surface area (Å²) in [7, 11) is 1.32. The SMILES string of the molecule is COC(=O)C1CC(=C=O)CCC12OCCO2. The van der Waals surface area contributed by atoms with Crippen LogP contribution < -0.4 is 0 Å². The van der Waals surface area contributed by atoms with Crippen molar-refractivity contribution in [2.24, 2.45) is 5.92 Å². The van der Waals surface area contributed by atoms with E-state index in [1.54, 1.807) is 0 Å². The van der Waals surface area contributed by atoms with Crippen LogP contribution in [0.2, 0.25) is 0 Å². The van der Waals surface area contributed by atoms with E-state index < -0.39 is 17.7 Å². The fourth-order valence-corrected chi connectivity index (χ4v) is 2.32. The lowest BCUT2D eigenvalue weighted by atomic mass is 9.80. The van der Waals surface area contributed by atoms with Crippen molar-refractivity contribution in [2.45, 2.75) is 25.0 Å². The van der Waals surface area contributed by atoms with Crippen LogP contribution in [0.25, 0.3) is 0 Å². The van der Waals surface area contributed by atoms with Gasteiger partial charge in [0.05, 0.1) is 20.3 Å². The van der Waals surface area contributed by atoms with Crippen molar-refractivity contribution in [2.75, 3.05) is 20.3 Å². The minimum absolute atomic E-state index is 0.316. The Hall–Kier alpha value is -1.16. The van der Waals surface area contributed by atoms with E-state index in [1.165, 1.54) is 7.11 Å². The predicted molar refractivity (Wildman–Crippen MR) is 53.2 cm³/mol. The van der Waals surface area contributed by atoms with Crippen LogP contribution in [0.3, 0.4) is 0 Å². The first-order chi connectivity index (χ1) is 7.72. The van der Waals surface area contributed by atoms with Crippen LogP contribution in [0.5, 0.6) is 0 Å². The minimum Gasteiger partial charge on any atom is -0.469 e. The number of rotatable bonds is 1. The number of methoxy groups -OCH3 is 1. The first kappa shape index (κ1) is 11.3. The van der Waals surface area contributed by atoms with Crippen molar-refractivity contribution >= 4 is 11.9 Å². The quantitative estimate of drug-likeness (QED) is 0.480. The molecule has 1 aliphatic heterocycles. The van der Waals surface area contributed by atoms with Crippen molar-refractivity contribution in [3.05, 3.63) is 5.57 Å². The molecule has 2 rings (SSSR count). The molecule has 1 spiro atoms. The second kappa shape index (κ2) is 4.37. The van der Waals surface area contributed by atoms with Crippen molar-refractivity contribution in [3.8, 4) is 0 Å². The molecule has 0 aromatic rings. The van der Waals surface area contributed by atoms with Crippen LogP contribution in [-0.4, -0.2) is 38.0 Å². The maximum absolute atomic E-state index is 11.7. The van der Waals surface area contributed by atoms with Gasteiger partial charge in [-0.25, -0.2) is 4.79 Å². The third kappa shape index (κ3) is 1.78. The molecule has 5 nitrogen and oxygen atoms in total. The lowest BCUT2D eigenvalue weighted by Gasteiger charge is -2.37. The van der Waals surface area contributed by atoms with Gasteiger partial charge in [-0.2, -0.15) is 0 Å². The number of hydrogen-bond acceptors (Lipinski definition) is 5. The summed E-state index contributed by atoms with van der Waals surface area (Å²) in [6.45, 7) is 0.960. The standard InChI is InChI=1S/C11H14O5/c1-14-10(13)9-6-8(7-12)2-3-11(9)15-4-5-16-11/h9H,2-6H2,1H3. The Kier molecular flexibility index (Phi) is 3.10. The Bertz CT molecular complexity index is 336. The van der Waals surface area contributed by atoms with Gasteiger partial charge < -0.3 is 14.2 Å². The van der Waals surface area contributed by atoms with Gasteiger partial charge >= 0.3 is 5.97 Å². The van der Waals surface area contributed by atoms with E-state index in [4.69, 9.17) is 14.2 Å². The zero-order chi connectivity index (χ0) is 11.6. The molecule has 0 aromatic heterocycles. The number of carbonyl (C=O) groups is 1. The molecule has 0 N–H and O–H groups in total. The smallest absolute Gasteiger partial charge is 0.314 e.